The van der Waals surface area contributed by atoms with Crippen LogP contribution in [0.25, 0.3) is 0 Å². The number of carbonyl (C=O) groups is 1. The van der Waals surface area contributed by atoms with Crippen molar-refractivity contribution in [2.45, 2.75) is 24.7 Å². The highest BCUT2D eigenvalue weighted by Gasteiger charge is 2.47. The molecule has 1 saturated carbocycles. The van der Waals surface area contributed by atoms with E-state index in [4.69, 9.17) is 4.42 Å². The minimum absolute atomic E-state index is 0.0943. The van der Waals surface area contributed by atoms with Crippen LogP contribution in [-0.2, 0) is 5.41 Å². The van der Waals surface area contributed by atoms with Crippen LogP contribution in [-0.4, -0.2) is 5.78 Å². The first-order valence-corrected chi connectivity index (χ1v) is 6.87. The third-order valence-electron chi connectivity index (χ3n) is 3.79. The summed E-state index contributed by atoms with van der Waals surface area (Å²) in [5.74, 6) is 0.537. The van der Waals surface area contributed by atoms with Crippen molar-refractivity contribution in [1.29, 1.82) is 0 Å². The van der Waals surface area contributed by atoms with Gasteiger partial charge in [-0.2, -0.15) is 0 Å². The molecule has 0 atom stereocenters. The summed E-state index contributed by atoms with van der Waals surface area (Å²) in [6.07, 6.45) is 4.46. The van der Waals surface area contributed by atoms with Gasteiger partial charge in [-0.15, -0.1) is 0 Å². The fourth-order valence-electron chi connectivity index (χ4n) is 2.61. The molecule has 0 aliphatic heterocycles. The fourth-order valence-corrected chi connectivity index (χ4v) is 2.99. The van der Waals surface area contributed by atoms with Crippen LogP contribution < -0.4 is 0 Å². The summed E-state index contributed by atoms with van der Waals surface area (Å²) < 4.78 is 6.08. The van der Waals surface area contributed by atoms with Crippen molar-refractivity contribution in [3.63, 3.8) is 0 Å². The van der Waals surface area contributed by atoms with Gasteiger partial charge in [0.2, 0.25) is 5.78 Å². The molecule has 92 valence electrons. The van der Waals surface area contributed by atoms with Gasteiger partial charge in [-0.1, -0.05) is 36.8 Å². The molecule has 0 spiro atoms. The molecule has 3 rings (SSSR count). The van der Waals surface area contributed by atoms with Crippen molar-refractivity contribution in [3.8, 4) is 0 Å². The molecule has 0 unspecified atom stereocenters. The van der Waals surface area contributed by atoms with E-state index < -0.39 is 0 Å². The standard InChI is InChI=1S/C15H13BrO2/c16-12-7-10-18-13(12)14(17)15(8-4-9-15)11-5-2-1-3-6-11/h1-3,5-7,10H,4,8-9H2. The van der Waals surface area contributed by atoms with Gasteiger partial charge >= 0.3 is 0 Å². The van der Waals surface area contributed by atoms with Crippen molar-refractivity contribution in [2.24, 2.45) is 0 Å². The van der Waals surface area contributed by atoms with Crippen molar-refractivity contribution < 1.29 is 9.21 Å². The minimum Gasteiger partial charge on any atom is -0.460 e. The summed E-state index contributed by atoms with van der Waals surface area (Å²) in [5.41, 5.74) is 0.728. The number of hydrogen-bond acceptors (Lipinski definition) is 2. The molecule has 18 heavy (non-hydrogen) atoms. The predicted octanol–water partition coefficient (Wildman–Crippen LogP) is 4.35. The highest BCUT2D eigenvalue weighted by Crippen LogP contribution is 2.46. The summed E-state index contributed by atoms with van der Waals surface area (Å²) in [4.78, 5) is 12.7. The summed E-state index contributed by atoms with van der Waals surface area (Å²) >= 11 is 3.37. The molecule has 1 aliphatic carbocycles. The molecular formula is C15H13BrO2. The highest BCUT2D eigenvalue weighted by molar-refractivity contribution is 9.10. The normalized spacial score (nSPS) is 17.2. The van der Waals surface area contributed by atoms with Gasteiger partial charge in [0.15, 0.2) is 5.76 Å². The molecule has 0 amide bonds. The number of Topliss-reactive ketones (excluding diaryl/α,β-unsaturated/α-hetero) is 1. The number of halogens is 1. The number of carbonyl (C=O) groups excluding carboxylic acids is 1. The Kier molecular flexibility index (Phi) is 2.86. The summed E-state index contributed by atoms with van der Waals surface area (Å²) in [6, 6.07) is 11.8. The molecule has 1 aromatic carbocycles. The van der Waals surface area contributed by atoms with Crippen LogP contribution in [0.2, 0.25) is 0 Å². The lowest BCUT2D eigenvalue weighted by atomic mass is 9.61. The van der Waals surface area contributed by atoms with E-state index in [2.05, 4.69) is 15.9 Å². The van der Waals surface area contributed by atoms with Gasteiger partial charge in [-0.05, 0) is 40.4 Å². The van der Waals surface area contributed by atoms with E-state index in [9.17, 15) is 4.79 Å². The predicted molar refractivity (Wildman–Crippen MR) is 72.7 cm³/mol. The van der Waals surface area contributed by atoms with Gasteiger partial charge < -0.3 is 4.42 Å². The van der Waals surface area contributed by atoms with E-state index in [0.29, 0.717) is 5.76 Å². The second kappa shape index (κ2) is 4.39. The zero-order valence-electron chi connectivity index (χ0n) is 9.86. The SMILES string of the molecule is O=C(c1occc1Br)C1(c2ccccc2)CCC1. The number of furan rings is 1. The number of rotatable bonds is 3. The molecular weight excluding hydrogens is 292 g/mol. The molecule has 1 aromatic heterocycles. The molecule has 0 radical (unpaired) electrons. The van der Waals surface area contributed by atoms with Crippen LogP contribution in [0, 0.1) is 0 Å². The summed E-state index contributed by atoms with van der Waals surface area (Å²) in [6.45, 7) is 0. The Morgan fingerprint density at radius 1 is 1.17 bits per heavy atom. The van der Waals surface area contributed by atoms with Gasteiger partial charge in [0, 0.05) is 0 Å². The first kappa shape index (κ1) is 11.7. The van der Waals surface area contributed by atoms with Crippen LogP contribution >= 0.6 is 15.9 Å². The third-order valence-corrected chi connectivity index (χ3v) is 4.42. The lowest BCUT2D eigenvalue weighted by Crippen LogP contribution is -2.42. The highest BCUT2D eigenvalue weighted by atomic mass is 79.9. The molecule has 1 heterocycles. The first-order valence-electron chi connectivity index (χ1n) is 6.07. The maximum Gasteiger partial charge on any atom is 0.209 e. The molecule has 2 aromatic rings. The van der Waals surface area contributed by atoms with E-state index >= 15 is 0 Å². The molecule has 0 bridgehead atoms. The third kappa shape index (κ3) is 1.65. The van der Waals surface area contributed by atoms with Gasteiger partial charge in [-0.25, -0.2) is 0 Å². The zero-order valence-corrected chi connectivity index (χ0v) is 11.4. The lowest BCUT2D eigenvalue weighted by Gasteiger charge is -2.40. The Balaban J connectivity index is 2.03. The van der Waals surface area contributed by atoms with E-state index in [1.807, 2.05) is 30.3 Å². The number of ketones is 1. The molecule has 3 heteroatoms. The monoisotopic (exact) mass is 304 g/mol. The number of hydrogen-bond donors (Lipinski definition) is 0. The van der Waals surface area contributed by atoms with E-state index in [1.54, 1.807) is 12.3 Å². The van der Waals surface area contributed by atoms with Gasteiger partial charge in [0.25, 0.3) is 0 Å². The Hall–Kier alpha value is -1.35. The maximum atomic E-state index is 12.7. The van der Waals surface area contributed by atoms with Crippen molar-refractivity contribution in [2.75, 3.05) is 0 Å². The topological polar surface area (TPSA) is 30.2 Å². The summed E-state index contributed by atoms with van der Waals surface area (Å²) in [5, 5.41) is 0. The Bertz CT molecular complexity index is 567. The van der Waals surface area contributed by atoms with Gasteiger partial charge in [-0.3, -0.25) is 4.79 Å². The van der Waals surface area contributed by atoms with Crippen LogP contribution in [0.15, 0.2) is 51.6 Å². The summed E-state index contributed by atoms with van der Waals surface area (Å²) in [7, 11) is 0. The Labute approximate surface area is 114 Å². The average Bonchev–Trinajstić information content (AvgIpc) is 2.75. The molecule has 0 N–H and O–H groups in total. The van der Waals surface area contributed by atoms with Crippen molar-refractivity contribution in [3.05, 3.63) is 58.5 Å². The van der Waals surface area contributed by atoms with E-state index in [-0.39, 0.29) is 11.2 Å². The smallest absolute Gasteiger partial charge is 0.209 e. The van der Waals surface area contributed by atoms with Crippen molar-refractivity contribution in [1.82, 2.24) is 0 Å². The van der Waals surface area contributed by atoms with E-state index in [1.165, 1.54) is 0 Å². The van der Waals surface area contributed by atoms with Gasteiger partial charge in [0.05, 0.1) is 16.2 Å². The van der Waals surface area contributed by atoms with Crippen LogP contribution in [0.3, 0.4) is 0 Å². The quantitative estimate of drug-likeness (QED) is 0.789. The van der Waals surface area contributed by atoms with Crippen LogP contribution in [0.1, 0.15) is 35.4 Å². The maximum absolute atomic E-state index is 12.7. The molecule has 1 aliphatic rings. The zero-order chi connectivity index (χ0) is 12.6. The van der Waals surface area contributed by atoms with Crippen LogP contribution in [0.4, 0.5) is 0 Å². The second-order valence-electron chi connectivity index (χ2n) is 4.73. The largest absolute Gasteiger partial charge is 0.460 e. The van der Waals surface area contributed by atoms with E-state index in [0.717, 1.165) is 29.3 Å². The average molecular weight is 305 g/mol. The molecule has 0 saturated heterocycles. The number of benzene rings is 1. The second-order valence-corrected chi connectivity index (χ2v) is 5.58. The Morgan fingerprint density at radius 2 is 1.89 bits per heavy atom. The molecule has 2 nitrogen and oxygen atoms in total. The first-order chi connectivity index (χ1) is 8.74. The lowest BCUT2D eigenvalue weighted by molar-refractivity contribution is 0.0757. The minimum atomic E-state index is -0.373. The van der Waals surface area contributed by atoms with Gasteiger partial charge in [0.1, 0.15) is 0 Å². The molecule has 1 fully saturated rings. The van der Waals surface area contributed by atoms with Crippen LogP contribution in [0.5, 0.6) is 0 Å². The van der Waals surface area contributed by atoms with Crippen molar-refractivity contribution >= 4 is 21.7 Å². The Morgan fingerprint density at radius 3 is 2.39 bits per heavy atom. The fraction of sp³-hybridized carbons (Fsp3) is 0.267.